The van der Waals surface area contributed by atoms with Crippen molar-refractivity contribution in [2.24, 2.45) is 0 Å². The van der Waals surface area contributed by atoms with Gasteiger partial charge in [0.2, 0.25) is 5.91 Å². The molecule has 1 aliphatic heterocycles. The molecule has 0 unspecified atom stereocenters. The van der Waals surface area contributed by atoms with Gasteiger partial charge in [0.1, 0.15) is 4.70 Å². The van der Waals surface area contributed by atoms with Gasteiger partial charge in [-0.05, 0) is 33.1 Å². The molecule has 1 atom stereocenters. The Morgan fingerprint density at radius 3 is 2.69 bits per heavy atom. The van der Waals surface area contributed by atoms with Crippen molar-refractivity contribution in [1.29, 1.82) is 0 Å². The predicted octanol–water partition coefficient (Wildman–Crippen LogP) is 2.48. The molecule has 1 amide bonds. The van der Waals surface area contributed by atoms with Crippen LogP contribution in [0.4, 0.5) is 5.13 Å². The molecule has 0 spiro atoms. The highest BCUT2D eigenvalue weighted by Gasteiger charge is 2.20. The van der Waals surface area contributed by atoms with E-state index < -0.39 is 0 Å². The number of amides is 1. The number of fused-ring (bicyclic) bond motifs is 1. The summed E-state index contributed by atoms with van der Waals surface area (Å²) in [5.41, 5.74) is 0.432. The van der Waals surface area contributed by atoms with E-state index >= 15 is 0 Å². The molecule has 2 aromatic heterocycles. The Kier molecular flexibility index (Phi) is 6.18. The Labute approximate surface area is 161 Å². The number of carbonyl (C=O) groups excluding carboxylic acids is 1. The molecule has 0 bridgehead atoms. The lowest BCUT2D eigenvalue weighted by atomic mass is 10.3. The lowest BCUT2D eigenvalue weighted by Gasteiger charge is -2.12. The maximum absolute atomic E-state index is 12.8. The SMILES string of the molecule is CC[C@H](C)NC(=O)CSc1nc2nc(N3CCCC3)sc2c(=O)n1CC. The Bertz CT molecular complexity index is 842. The summed E-state index contributed by atoms with van der Waals surface area (Å²) in [5, 5.41) is 4.37. The van der Waals surface area contributed by atoms with Crippen LogP contribution in [0.25, 0.3) is 10.3 Å². The molecule has 0 saturated carbocycles. The van der Waals surface area contributed by atoms with Crippen molar-refractivity contribution in [1.82, 2.24) is 19.9 Å². The molecule has 1 fully saturated rings. The van der Waals surface area contributed by atoms with E-state index in [9.17, 15) is 9.59 Å². The second-order valence-corrected chi connectivity index (χ2v) is 8.37. The van der Waals surface area contributed by atoms with Crippen LogP contribution < -0.4 is 15.8 Å². The molecular weight excluding hydrogens is 370 g/mol. The van der Waals surface area contributed by atoms with Gasteiger partial charge in [-0.25, -0.2) is 4.98 Å². The fraction of sp³-hybridized carbons (Fsp3) is 0.647. The lowest BCUT2D eigenvalue weighted by molar-refractivity contribution is -0.119. The van der Waals surface area contributed by atoms with Gasteiger partial charge < -0.3 is 10.2 Å². The maximum Gasteiger partial charge on any atom is 0.273 e. The van der Waals surface area contributed by atoms with Crippen LogP contribution in [0, 0.1) is 0 Å². The Balaban J connectivity index is 1.85. The van der Waals surface area contributed by atoms with Gasteiger partial charge in [-0.1, -0.05) is 30.0 Å². The first-order valence-electron chi connectivity index (χ1n) is 9.12. The number of thiazole rings is 1. The quantitative estimate of drug-likeness (QED) is 0.573. The summed E-state index contributed by atoms with van der Waals surface area (Å²) < 4.78 is 2.23. The number of hydrogen-bond acceptors (Lipinski definition) is 7. The van der Waals surface area contributed by atoms with Crippen LogP contribution in [0.5, 0.6) is 0 Å². The molecular formula is C17H25N5O2S2. The number of nitrogens with zero attached hydrogens (tertiary/aromatic N) is 4. The van der Waals surface area contributed by atoms with Crippen molar-refractivity contribution in [2.45, 2.75) is 57.8 Å². The zero-order valence-electron chi connectivity index (χ0n) is 15.4. The molecule has 2 aromatic rings. The van der Waals surface area contributed by atoms with Gasteiger partial charge in [0, 0.05) is 25.7 Å². The molecule has 142 valence electrons. The topological polar surface area (TPSA) is 80.1 Å². The molecule has 1 aliphatic rings. The molecule has 1 saturated heterocycles. The molecule has 1 N–H and O–H groups in total. The second-order valence-electron chi connectivity index (χ2n) is 6.45. The first-order chi connectivity index (χ1) is 12.5. The van der Waals surface area contributed by atoms with E-state index in [1.807, 2.05) is 20.8 Å². The third-order valence-electron chi connectivity index (χ3n) is 4.51. The van der Waals surface area contributed by atoms with Gasteiger partial charge in [0.25, 0.3) is 5.56 Å². The van der Waals surface area contributed by atoms with Crippen molar-refractivity contribution < 1.29 is 4.79 Å². The Morgan fingerprint density at radius 2 is 2.04 bits per heavy atom. The molecule has 0 aromatic carbocycles. The summed E-state index contributed by atoms with van der Waals surface area (Å²) >= 11 is 2.72. The van der Waals surface area contributed by atoms with Gasteiger partial charge in [0.05, 0.1) is 5.75 Å². The number of thioether (sulfide) groups is 1. The van der Waals surface area contributed by atoms with Gasteiger partial charge in [-0.3, -0.25) is 14.2 Å². The van der Waals surface area contributed by atoms with Crippen LogP contribution in [0.3, 0.4) is 0 Å². The third kappa shape index (κ3) is 4.03. The minimum absolute atomic E-state index is 0.0441. The van der Waals surface area contributed by atoms with Crippen LogP contribution in [0.1, 0.15) is 40.0 Å². The average molecular weight is 396 g/mol. The van der Waals surface area contributed by atoms with Crippen LogP contribution >= 0.6 is 23.1 Å². The van der Waals surface area contributed by atoms with Gasteiger partial charge in [-0.15, -0.1) is 0 Å². The van der Waals surface area contributed by atoms with Crippen molar-refractivity contribution in [3.8, 4) is 0 Å². The van der Waals surface area contributed by atoms with Crippen molar-refractivity contribution in [2.75, 3.05) is 23.7 Å². The van der Waals surface area contributed by atoms with E-state index in [0.717, 1.165) is 37.5 Å². The highest BCUT2D eigenvalue weighted by Crippen LogP contribution is 2.29. The van der Waals surface area contributed by atoms with Gasteiger partial charge >= 0.3 is 0 Å². The van der Waals surface area contributed by atoms with E-state index in [0.29, 0.717) is 22.0 Å². The standard InChI is InChI=1S/C17H25N5O2S2/c1-4-11(3)18-12(23)10-25-17-20-14-13(15(24)22(17)5-2)26-16(19-14)21-8-6-7-9-21/h11H,4-10H2,1-3H3,(H,18,23)/t11-/m0/s1. The van der Waals surface area contributed by atoms with Crippen LogP contribution in [-0.2, 0) is 11.3 Å². The lowest BCUT2D eigenvalue weighted by Crippen LogP contribution is -2.33. The summed E-state index contributed by atoms with van der Waals surface area (Å²) in [7, 11) is 0. The van der Waals surface area contributed by atoms with Crippen LogP contribution in [-0.4, -0.2) is 45.3 Å². The molecule has 9 heteroatoms. The van der Waals surface area contributed by atoms with Crippen LogP contribution in [0.2, 0.25) is 0 Å². The summed E-state index contributed by atoms with van der Waals surface area (Å²) in [6, 6.07) is 0.147. The highest BCUT2D eigenvalue weighted by molar-refractivity contribution is 7.99. The van der Waals surface area contributed by atoms with Crippen molar-refractivity contribution in [3.63, 3.8) is 0 Å². The number of aromatic nitrogens is 3. The van der Waals surface area contributed by atoms with E-state index in [2.05, 4.69) is 20.2 Å². The summed E-state index contributed by atoms with van der Waals surface area (Å²) in [4.78, 5) is 36.3. The first kappa shape index (κ1) is 19.2. The molecule has 0 aliphatic carbocycles. The minimum atomic E-state index is -0.0646. The summed E-state index contributed by atoms with van der Waals surface area (Å²) in [5.74, 6) is 0.197. The summed E-state index contributed by atoms with van der Waals surface area (Å²) in [6.07, 6.45) is 3.21. The largest absolute Gasteiger partial charge is 0.353 e. The Morgan fingerprint density at radius 1 is 1.31 bits per heavy atom. The molecule has 7 nitrogen and oxygen atoms in total. The van der Waals surface area contributed by atoms with Gasteiger partial charge in [-0.2, -0.15) is 4.98 Å². The molecule has 3 heterocycles. The molecule has 0 radical (unpaired) electrons. The van der Waals surface area contributed by atoms with Crippen LogP contribution in [0.15, 0.2) is 9.95 Å². The Hall–Kier alpha value is -1.61. The predicted molar refractivity (Wildman–Crippen MR) is 107 cm³/mol. The minimum Gasteiger partial charge on any atom is -0.353 e. The monoisotopic (exact) mass is 395 g/mol. The number of nitrogens with one attached hydrogen (secondary N) is 1. The summed E-state index contributed by atoms with van der Waals surface area (Å²) in [6.45, 7) is 8.42. The molecule has 26 heavy (non-hydrogen) atoms. The maximum atomic E-state index is 12.8. The second kappa shape index (κ2) is 8.39. The van der Waals surface area contributed by atoms with Crippen molar-refractivity contribution >= 4 is 44.5 Å². The number of hydrogen-bond donors (Lipinski definition) is 1. The zero-order chi connectivity index (χ0) is 18.7. The number of anilines is 1. The molecule has 3 rings (SSSR count). The number of carbonyl (C=O) groups is 1. The average Bonchev–Trinajstić information content (AvgIpc) is 3.29. The van der Waals surface area contributed by atoms with E-state index in [-0.39, 0.29) is 23.3 Å². The van der Waals surface area contributed by atoms with E-state index in [4.69, 9.17) is 0 Å². The van der Waals surface area contributed by atoms with Crippen molar-refractivity contribution in [3.05, 3.63) is 10.4 Å². The first-order valence-corrected chi connectivity index (χ1v) is 10.9. The number of rotatable bonds is 7. The highest BCUT2D eigenvalue weighted by atomic mass is 32.2. The fourth-order valence-corrected chi connectivity index (χ4v) is 4.73. The fourth-order valence-electron chi connectivity index (χ4n) is 2.86. The zero-order valence-corrected chi connectivity index (χ0v) is 17.1. The van der Waals surface area contributed by atoms with Gasteiger partial charge in [0.15, 0.2) is 15.9 Å². The smallest absolute Gasteiger partial charge is 0.273 e. The third-order valence-corrected chi connectivity index (χ3v) is 6.58. The van der Waals surface area contributed by atoms with E-state index in [1.54, 1.807) is 4.57 Å². The normalized spacial score (nSPS) is 15.6. The van der Waals surface area contributed by atoms with E-state index in [1.165, 1.54) is 23.1 Å².